The van der Waals surface area contributed by atoms with Crippen LogP contribution in [-0.4, -0.2) is 24.6 Å². The molecule has 1 aliphatic carbocycles. The lowest BCUT2D eigenvalue weighted by Crippen LogP contribution is -2.38. The van der Waals surface area contributed by atoms with Crippen LogP contribution in [-0.2, 0) is 0 Å². The molecule has 1 aromatic heterocycles. The van der Waals surface area contributed by atoms with Crippen molar-refractivity contribution < 1.29 is 0 Å². The van der Waals surface area contributed by atoms with Crippen molar-refractivity contribution in [2.24, 2.45) is 11.7 Å². The third-order valence-corrected chi connectivity index (χ3v) is 3.68. The average Bonchev–Trinajstić information content (AvgIpc) is 2.76. The Kier molecular flexibility index (Phi) is 3.44. The summed E-state index contributed by atoms with van der Waals surface area (Å²) in [5, 5.41) is 0. The van der Waals surface area contributed by atoms with E-state index in [0.717, 1.165) is 12.4 Å². The van der Waals surface area contributed by atoms with E-state index < -0.39 is 0 Å². The van der Waals surface area contributed by atoms with Crippen molar-refractivity contribution in [3.05, 3.63) is 23.9 Å². The van der Waals surface area contributed by atoms with Crippen molar-refractivity contribution in [1.29, 1.82) is 0 Å². The Bertz CT molecular complexity index is 351. The van der Waals surface area contributed by atoms with Gasteiger partial charge in [-0.25, -0.2) is 4.98 Å². The number of rotatable bonds is 3. The summed E-state index contributed by atoms with van der Waals surface area (Å²) in [6.45, 7) is 2.90. The van der Waals surface area contributed by atoms with Gasteiger partial charge in [-0.1, -0.05) is 6.42 Å². The maximum atomic E-state index is 5.82. The van der Waals surface area contributed by atoms with Gasteiger partial charge >= 0.3 is 0 Å². The van der Waals surface area contributed by atoms with Crippen LogP contribution in [0.4, 0.5) is 5.82 Å². The molecule has 3 nitrogen and oxygen atoms in total. The number of nitrogens with two attached hydrogens (primary N) is 1. The second-order valence-electron chi connectivity index (χ2n) is 4.80. The molecular weight excluding hydrogens is 198 g/mol. The summed E-state index contributed by atoms with van der Waals surface area (Å²) in [7, 11) is 2.14. The minimum atomic E-state index is 0.569. The number of anilines is 1. The number of pyridine rings is 1. The summed E-state index contributed by atoms with van der Waals surface area (Å²) in [6.07, 6.45) is 5.68. The highest BCUT2D eigenvalue weighted by molar-refractivity contribution is 5.41. The fourth-order valence-corrected chi connectivity index (χ4v) is 2.69. The summed E-state index contributed by atoms with van der Waals surface area (Å²) < 4.78 is 0. The molecule has 1 aromatic rings. The third-order valence-electron chi connectivity index (χ3n) is 3.68. The van der Waals surface area contributed by atoms with E-state index in [4.69, 9.17) is 5.73 Å². The van der Waals surface area contributed by atoms with Crippen LogP contribution in [0.1, 0.15) is 24.8 Å². The number of aryl methyl sites for hydroxylation is 1. The molecule has 3 heteroatoms. The lowest BCUT2D eigenvalue weighted by Gasteiger charge is -2.30. The Morgan fingerprint density at radius 1 is 1.50 bits per heavy atom. The highest BCUT2D eigenvalue weighted by Gasteiger charge is 2.29. The van der Waals surface area contributed by atoms with E-state index in [2.05, 4.69) is 29.9 Å². The molecule has 1 heterocycles. The van der Waals surface area contributed by atoms with E-state index in [0.29, 0.717) is 12.0 Å². The molecule has 1 fully saturated rings. The van der Waals surface area contributed by atoms with Gasteiger partial charge in [-0.15, -0.1) is 0 Å². The van der Waals surface area contributed by atoms with Crippen LogP contribution < -0.4 is 10.6 Å². The largest absolute Gasteiger partial charge is 0.356 e. The molecule has 2 rings (SSSR count). The van der Waals surface area contributed by atoms with Gasteiger partial charge in [0.05, 0.1) is 0 Å². The SMILES string of the molecule is Cc1ccnc(N(C)C2CCCC2CN)c1. The molecule has 2 N–H and O–H groups in total. The normalized spacial score (nSPS) is 24.7. The van der Waals surface area contributed by atoms with Crippen LogP contribution in [0, 0.1) is 12.8 Å². The van der Waals surface area contributed by atoms with Gasteiger partial charge in [0.2, 0.25) is 0 Å². The first-order chi connectivity index (χ1) is 7.72. The van der Waals surface area contributed by atoms with Crippen LogP contribution in [0.2, 0.25) is 0 Å². The highest BCUT2D eigenvalue weighted by Crippen LogP contribution is 2.30. The van der Waals surface area contributed by atoms with Crippen molar-refractivity contribution >= 4 is 5.82 Å². The van der Waals surface area contributed by atoms with Crippen molar-refractivity contribution in [2.45, 2.75) is 32.2 Å². The second kappa shape index (κ2) is 4.83. The van der Waals surface area contributed by atoms with E-state index >= 15 is 0 Å². The van der Waals surface area contributed by atoms with Crippen LogP contribution in [0.5, 0.6) is 0 Å². The smallest absolute Gasteiger partial charge is 0.128 e. The molecule has 2 unspecified atom stereocenters. The monoisotopic (exact) mass is 219 g/mol. The van der Waals surface area contributed by atoms with E-state index in [9.17, 15) is 0 Å². The van der Waals surface area contributed by atoms with Gasteiger partial charge in [-0.05, 0) is 49.9 Å². The second-order valence-corrected chi connectivity index (χ2v) is 4.80. The standard InChI is InChI=1S/C13H21N3/c1-10-6-7-15-13(8-10)16(2)12-5-3-4-11(12)9-14/h6-8,11-12H,3-5,9,14H2,1-2H3. The van der Waals surface area contributed by atoms with Crippen molar-refractivity contribution in [3.63, 3.8) is 0 Å². The molecule has 0 aromatic carbocycles. The fraction of sp³-hybridized carbons (Fsp3) is 0.615. The molecule has 0 bridgehead atoms. The zero-order chi connectivity index (χ0) is 11.5. The summed E-state index contributed by atoms with van der Waals surface area (Å²) in [4.78, 5) is 6.74. The predicted molar refractivity (Wildman–Crippen MR) is 67.6 cm³/mol. The Balaban J connectivity index is 2.15. The first-order valence-electron chi connectivity index (χ1n) is 6.08. The summed E-state index contributed by atoms with van der Waals surface area (Å²) in [5.74, 6) is 1.71. The molecule has 0 amide bonds. The molecule has 2 atom stereocenters. The zero-order valence-corrected chi connectivity index (χ0v) is 10.2. The zero-order valence-electron chi connectivity index (χ0n) is 10.2. The molecule has 88 valence electrons. The number of nitrogens with zero attached hydrogens (tertiary/aromatic N) is 2. The number of hydrogen-bond donors (Lipinski definition) is 1. The highest BCUT2D eigenvalue weighted by atomic mass is 15.2. The molecule has 16 heavy (non-hydrogen) atoms. The van der Waals surface area contributed by atoms with Crippen molar-refractivity contribution in [3.8, 4) is 0 Å². The topological polar surface area (TPSA) is 42.2 Å². The Morgan fingerprint density at radius 2 is 2.31 bits per heavy atom. The molecular formula is C13H21N3. The Morgan fingerprint density at radius 3 is 3.00 bits per heavy atom. The van der Waals surface area contributed by atoms with Gasteiger partial charge in [-0.3, -0.25) is 0 Å². The minimum Gasteiger partial charge on any atom is -0.356 e. The lowest BCUT2D eigenvalue weighted by molar-refractivity contribution is 0.472. The molecule has 0 aliphatic heterocycles. The van der Waals surface area contributed by atoms with E-state index in [-0.39, 0.29) is 0 Å². The van der Waals surface area contributed by atoms with Gasteiger partial charge in [0, 0.05) is 19.3 Å². The summed E-state index contributed by atoms with van der Waals surface area (Å²) >= 11 is 0. The van der Waals surface area contributed by atoms with Gasteiger partial charge in [0.25, 0.3) is 0 Å². The number of hydrogen-bond acceptors (Lipinski definition) is 3. The van der Waals surface area contributed by atoms with Gasteiger partial charge in [0.1, 0.15) is 5.82 Å². The van der Waals surface area contributed by atoms with Crippen molar-refractivity contribution in [2.75, 3.05) is 18.5 Å². The quantitative estimate of drug-likeness (QED) is 0.845. The van der Waals surface area contributed by atoms with E-state index in [1.165, 1.54) is 24.8 Å². The Hall–Kier alpha value is -1.09. The van der Waals surface area contributed by atoms with Crippen LogP contribution in [0.3, 0.4) is 0 Å². The lowest BCUT2D eigenvalue weighted by atomic mass is 10.0. The third kappa shape index (κ3) is 2.19. The van der Waals surface area contributed by atoms with Crippen LogP contribution in [0.25, 0.3) is 0 Å². The van der Waals surface area contributed by atoms with E-state index in [1.54, 1.807) is 0 Å². The first-order valence-corrected chi connectivity index (χ1v) is 6.08. The maximum Gasteiger partial charge on any atom is 0.128 e. The van der Waals surface area contributed by atoms with E-state index in [1.807, 2.05) is 12.3 Å². The molecule has 0 spiro atoms. The average molecular weight is 219 g/mol. The first kappa shape index (κ1) is 11.4. The molecule has 0 saturated heterocycles. The summed E-state index contributed by atoms with van der Waals surface area (Å²) in [5.41, 5.74) is 7.09. The fourth-order valence-electron chi connectivity index (χ4n) is 2.69. The summed E-state index contributed by atoms with van der Waals surface area (Å²) in [6, 6.07) is 4.75. The van der Waals surface area contributed by atoms with Gasteiger partial charge in [-0.2, -0.15) is 0 Å². The molecule has 0 radical (unpaired) electrons. The Labute approximate surface area is 97.7 Å². The van der Waals surface area contributed by atoms with Crippen LogP contribution in [0.15, 0.2) is 18.3 Å². The van der Waals surface area contributed by atoms with Gasteiger partial charge < -0.3 is 10.6 Å². The number of aromatic nitrogens is 1. The molecule has 1 saturated carbocycles. The van der Waals surface area contributed by atoms with Crippen molar-refractivity contribution in [1.82, 2.24) is 4.98 Å². The maximum absolute atomic E-state index is 5.82. The minimum absolute atomic E-state index is 0.569. The predicted octanol–water partition coefficient (Wildman–Crippen LogP) is 1.95. The van der Waals surface area contributed by atoms with Crippen LogP contribution >= 0.6 is 0 Å². The van der Waals surface area contributed by atoms with Gasteiger partial charge in [0.15, 0.2) is 0 Å². The molecule has 1 aliphatic rings.